The van der Waals surface area contributed by atoms with E-state index in [4.69, 9.17) is 4.74 Å². The van der Waals surface area contributed by atoms with Gasteiger partial charge in [0.05, 0.1) is 33.1 Å². The van der Waals surface area contributed by atoms with Gasteiger partial charge in [0.15, 0.2) is 11.5 Å². The van der Waals surface area contributed by atoms with Crippen LogP contribution in [0.5, 0.6) is 11.5 Å². The zero-order chi connectivity index (χ0) is 18.0. The Morgan fingerprint density at radius 3 is 2.76 bits per heavy atom. The Labute approximate surface area is 151 Å². The summed E-state index contributed by atoms with van der Waals surface area (Å²) in [6.45, 7) is 0. The normalized spacial score (nSPS) is 11.1. The Hall–Kier alpha value is -2.93. The number of benzene rings is 2. The summed E-state index contributed by atoms with van der Waals surface area (Å²) >= 11 is 3.27. The molecule has 7 heteroatoms. The average Bonchev–Trinajstić information content (AvgIpc) is 2.61. The van der Waals surface area contributed by atoms with Crippen LogP contribution in [0, 0.1) is 10.1 Å². The van der Waals surface area contributed by atoms with Gasteiger partial charge in [0.2, 0.25) is 0 Å². The predicted octanol–water partition coefficient (Wildman–Crippen LogP) is 4.79. The summed E-state index contributed by atoms with van der Waals surface area (Å²) < 4.78 is 5.64. The van der Waals surface area contributed by atoms with Crippen molar-refractivity contribution in [2.75, 3.05) is 7.11 Å². The van der Waals surface area contributed by atoms with Gasteiger partial charge < -0.3 is 9.84 Å². The van der Waals surface area contributed by atoms with Crippen LogP contribution in [-0.4, -0.2) is 22.1 Å². The molecule has 0 radical (unpaired) electrons. The van der Waals surface area contributed by atoms with E-state index < -0.39 is 4.92 Å². The number of phenolic OH excluding ortho intramolecular Hbond substituents is 1. The van der Waals surface area contributed by atoms with Crippen molar-refractivity contribution in [1.82, 2.24) is 4.98 Å². The molecule has 3 aromatic rings. The largest absolute Gasteiger partial charge is 0.503 e. The molecule has 0 aliphatic rings. The maximum absolute atomic E-state index is 11.1. The molecule has 2 aromatic carbocycles. The first-order valence-electron chi connectivity index (χ1n) is 7.28. The summed E-state index contributed by atoms with van der Waals surface area (Å²) in [5.74, 6) is 0.395. The molecule has 0 spiro atoms. The number of phenols is 1. The minimum absolute atomic E-state index is 0.0349. The Bertz CT molecular complexity index is 1000. The molecule has 3 rings (SSSR count). The van der Waals surface area contributed by atoms with Crippen LogP contribution in [-0.2, 0) is 0 Å². The van der Waals surface area contributed by atoms with E-state index >= 15 is 0 Å². The summed E-state index contributed by atoms with van der Waals surface area (Å²) in [5, 5.41) is 21.4. The Kier molecular flexibility index (Phi) is 4.67. The van der Waals surface area contributed by atoms with Gasteiger partial charge in [0.25, 0.3) is 5.69 Å². The molecule has 126 valence electrons. The number of non-ortho nitro benzene ring substituents is 1. The zero-order valence-corrected chi connectivity index (χ0v) is 14.7. The number of nitrogens with zero attached hydrogens (tertiary/aromatic N) is 2. The highest BCUT2D eigenvalue weighted by Crippen LogP contribution is 2.35. The van der Waals surface area contributed by atoms with Crippen LogP contribution in [0.15, 0.2) is 46.9 Å². The Balaban J connectivity index is 1.97. The maximum Gasteiger partial charge on any atom is 0.278 e. The lowest BCUT2D eigenvalue weighted by Gasteiger charge is -2.06. The average molecular weight is 401 g/mol. The molecule has 1 N–H and O–H groups in total. The van der Waals surface area contributed by atoms with Gasteiger partial charge in [0.1, 0.15) is 0 Å². The molecule has 0 saturated heterocycles. The van der Waals surface area contributed by atoms with E-state index in [2.05, 4.69) is 20.9 Å². The van der Waals surface area contributed by atoms with E-state index in [1.165, 1.54) is 13.2 Å². The number of aromatic hydroxyl groups is 1. The second-order valence-corrected chi connectivity index (χ2v) is 6.08. The number of nitro groups is 1. The topological polar surface area (TPSA) is 85.5 Å². The van der Waals surface area contributed by atoms with Crippen molar-refractivity contribution in [3.8, 4) is 11.5 Å². The predicted molar refractivity (Wildman–Crippen MR) is 99.7 cm³/mol. The number of pyridine rings is 1. The van der Waals surface area contributed by atoms with Gasteiger partial charge in [-0.25, -0.2) is 4.98 Å². The second kappa shape index (κ2) is 6.90. The maximum atomic E-state index is 11.1. The fourth-order valence-corrected chi connectivity index (χ4v) is 2.89. The van der Waals surface area contributed by atoms with E-state index in [1.54, 1.807) is 42.5 Å². The van der Waals surface area contributed by atoms with Crippen LogP contribution < -0.4 is 4.74 Å². The van der Waals surface area contributed by atoms with Gasteiger partial charge in [-0.15, -0.1) is 0 Å². The number of hydrogen-bond donors (Lipinski definition) is 1. The summed E-state index contributed by atoms with van der Waals surface area (Å²) in [4.78, 5) is 15.1. The standard InChI is InChI=1S/C18H13BrN2O4/c1-25-17-10-11(9-14(19)18(17)22)5-6-12-7-8-13-15(20-12)3-2-4-16(13)21(23)24/h2-10,22H,1H3/b6-5+. The van der Waals surface area contributed by atoms with Gasteiger partial charge >= 0.3 is 0 Å². The number of rotatable bonds is 4. The van der Waals surface area contributed by atoms with Crippen molar-refractivity contribution < 1.29 is 14.8 Å². The van der Waals surface area contributed by atoms with E-state index in [9.17, 15) is 15.2 Å². The number of hydrogen-bond acceptors (Lipinski definition) is 5. The number of fused-ring (bicyclic) bond motifs is 1. The lowest BCUT2D eigenvalue weighted by molar-refractivity contribution is -0.383. The molecular formula is C18H13BrN2O4. The van der Waals surface area contributed by atoms with E-state index in [1.807, 2.05) is 6.08 Å². The van der Waals surface area contributed by atoms with Crippen LogP contribution in [0.1, 0.15) is 11.3 Å². The van der Waals surface area contributed by atoms with Crippen LogP contribution in [0.25, 0.3) is 23.1 Å². The van der Waals surface area contributed by atoms with Gasteiger partial charge in [-0.1, -0.05) is 12.1 Å². The van der Waals surface area contributed by atoms with Crippen molar-refractivity contribution in [2.24, 2.45) is 0 Å². The van der Waals surface area contributed by atoms with Crippen molar-refractivity contribution in [3.63, 3.8) is 0 Å². The number of aromatic nitrogens is 1. The van der Waals surface area contributed by atoms with E-state index in [0.717, 1.165) is 5.56 Å². The summed E-state index contributed by atoms with van der Waals surface area (Å²) in [6, 6.07) is 11.7. The molecule has 6 nitrogen and oxygen atoms in total. The molecule has 0 fully saturated rings. The quantitative estimate of drug-likeness (QED) is 0.502. The Morgan fingerprint density at radius 1 is 1.24 bits per heavy atom. The SMILES string of the molecule is COc1cc(/C=C/c2ccc3c([N+](=O)[O-])cccc3n2)cc(Br)c1O. The van der Waals surface area contributed by atoms with Gasteiger partial charge in [-0.2, -0.15) is 0 Å². The van der Waals surface area contributed by atoms with Crippen LogP contribution in [0.2, 0.25) is 0 Å². The van der Waals surface area contributed by atoms with Crippen molar-refractivity contribution in [1.29, 1.82) is 0 Å². The van der Waals surface area contributed by atoms with Gasteiger partial charge in [0, 0.05) is 6.07 Å². The summed E-state index contributed by atoms with van der Waals surface area (Å²) in [6.07, 6.45) is 3.61. The summed E-state index contributed by atoms with van der Waals surface area (Å²) in [7, 11) is 1.48. The molecule has 25 heavy (non-hydrogen) atoms. The zero-order valence-electron chi connectivity index (χ0n) is 13.1. The molecule has 0 atom stereocenters. The first-order valence-corrected chi connectivity index (χ1v) is 8.07. The van der Waals surface area contributed by atoms with Crippen LogP contribution >= 0.6 is 15.9 Å². The molecular weight excluding hydrogens is 388 g/mol. The number of nitro benzene ring substituents is 1. The lowest BCUT2D eigenvalue weighted by atomic mass is 10.1. The number of methoxy groups -OCH3 is 1. The van der Waals surface area contributed by atoms with Crippen LogP contribution in [0.4, 0.5) is 5.69 Å². The van der Waals surface area contributed by atoms with Crippen molar-refractivity contribution >= 4 is 44.7 Å². The van der Waals surface area contributed by atoms with Gasteiger partial charge in [-0.3, -0.25) is 10.1 Å². The molecule has 1 aromatic heterocycles. The Morgan fingerprint density at radius 2 is 2.04 bits per heavy atom. The highest BCUT2D eigenvalue weighted by molar-refractivity contribution is 9.10. The molecule has 0 amide bonds. The molecule has 0 unspecified atom stereocenters. The molecule has 0 aliphatic heterocycles. The number of ether oxygens (including phenoxy) is 1. The monoisotopic (exact) mass is 400 g/mol. The van der Waals surface area contributed by atoms with Crippen molar-refractivity contribution in [2.45, 2.75) is 0 Å². The highest BCUT2D eigenvalue weighted by Gasteiger charge is 2.11. The van der Waals surface area contributed by atoms with Crippen LogP contribution in [0.3, 0.4) is 0 Å². The minimum Gasteiger partial charge on any atom is -0.503 e. The molecule has 0 saturated carbocycles. The molecule has 0 aliphatic carbocycles. The minimum atomic E-state index is -0.417. The third-order valence-corrected chi connectivity index (χ3v) is 4.25. The van der Waals surface area contributed by atoms with Crippen molar-refractivity contribution in [3.05, 3.63) is 68.3 Å². The summed E-state index contributed by atoms with van der Waals surface area (Å²) in [5.41, 5.74) is 2.06. The fraction of sp³-hybridized carbons (Fsp3) is 0.0556. The highest BCUT2D eigenvalue weighted by atomic mass is 79.9. The third-order valence-electron chi connectivity index (χ3n) is 3.64. The van der Waals surface area contributed by atoms with E-state index in [0.29, 0.717) is 26.8 Å². The smallest absolute Gasteiger partial charge is 0.278 e. The lowest BCUT2D eigenvalue weighted by Crippen LogP contribution is -1.91. The fourth-order valence-electron chi connectivity index (χ4n) is 2.43. The van der Waals surface area contributed by atoms with Gasteiger partial charge in [-0.05, 0) is 57.9 Å². The second-order valence-electron chi connectivity index (χ2n) is 5.22. The number of halogens is 1. The first kappa shape index (κ1) is 16.9. The van der Waals surface area contributed by atoms with E-state index in [-0.39, 0.29) is 11.4 Å². The molecule has 1 heterocycles. The molecule has 0 bridgehead atoms. The first-order chi connectivity index (χ1) is 12.0. The third kappa shape index (κ3) is 3.46.